The minimum Gasteiger partial charge on any atom is -0.325 e. The Labute approximate surface area is 151 Å². The maximum Gasteiger partial charge on any atom is 0.253 e. The summed E-state index contributed by atoms with van der Waals surface area (Å²) in [7, 11) is -3.73. The first-order chi connectivity index (χ1) is 11.3. The van der Waals surface area contributed by atoms with E-state index in [1.54, 1.807) is 6.07 Å². The summed E-state index contributed by atoms with van der Waals surface area (Å²) in [4.78, 5) is 12.3. The molecular weight excluding hydrogens is 368 g/mol. The number of benzene rings is 1. The summed E-state index contributed by atoms with van der Waals surface area (Å²) >= 11 is 6.82. The van der Waals surface area contributed by atoms with Crippen molar-refractivity contribution in [2.45, 2.75) is 24.5 Å². The molecule has 130 valence electrons. The summed E-state index contributed by atoms with van der Waals surface area (Å²) in [5.74, 6) is -0.371. The Morgan fingerprint density at radius 1 is 1.25 bits per heavy atom. The second-order valence-corrected chi connectivity index (χ2v) is 9.14. The van der Waals surface area contributed by atoms with Crippen molar-refractivity contribution in [2.75, 3.05) is 18.4 Å². The number of carbonyl (C=O) groups excluding carboxylic acids is 1. The number of amides is 1. The molecule has 5 nitrogen and oxygen atoms in total. The molecule has 0 atom stereocenters. The van der Waals surface area contributed by atoms with Crippen molar-refractivity contribution in [3.8, 4) is 0 Å². The van der Waals surface area contributed by atoms with Crippen LogP contribution >= 0.6 is 22.9 Å². The number of nitrogens with zero attached hydrogens (tertiary/aromatic N) is 1. The zero-order valence-corrected chi connectivity index (χ0v) is 15.8. The van der Waals surface area contributed by atoms with Crippen LogP contribution in [0.2, 0.25) is 4.34 Å². The SMILES string of the molecule is CCCN(CC(=O)Nc1ccccc1C)S(=O)(=O)c1ccc(Cl)s1. The first-order valence-electron chi connectivity index (χ1n) is 7.45. The van der Waals surface area contributed by atoms with Crippen molar-refractivity contribution < 1.29 is 13.2 Å². The molecule has 1 heterocycles. The molecule has 0 spiro atoms. The van der Waals surface area contributed by atoms with Gasteiger partial charge in [-0.3, -0.25) is 4.79 Å². The van der Waals surface area contributed by atoms with E-state index in [1.165, 1.54) is 16.4 Å². The summed E-state index contributed by atoms with van der Waals surface area (Å²) < 4.78 is 27.1. The molecule has 0 fully saturated rings. The molecule has 0 aliphatic heterocycles. The molecule has 0 radical (unpaired) electrons. The van der Waals surface area contributed by atoms with E-state index in [0.717, 1.165) is 16.9 Å². The third-order valence-electron chi connectivity index (χ3n) is 3.35. The zero-order valence-electron chi connectivity index (χ0n) is 13.5. The van der Waals surface area contributed by atoms with Crippen LogP contribution in [0.1, 0.15) is 18.9 Å². The summed E-state index contributed by atoms with van der Waals surface area (Å²) in [6.07, 6.45) is 0.607. The van der Waals surface area contributed by atoms with Gasteiger partial charge in [-0.15, -0.1) is 11.3 Å². The van der Waals surface area contributed by atoms with Gasteiger partial charge in [0.25, 0.3) is 10.0 Å². The number of sulfonamides is 1. The summed E-state index contributed by atoms with van der Waals surface area (Å²) in [5, 5.41) is 2.76. The van der Waals surface area contributed by atoms with Gasteiger partial charge in [0.05, 0.1) is 10.9 Å². The third-order valence-corrected chi connectivity index (χ3v) is 6.90. The highest BCUT2D eigenvalue weighted by atomic mass is 35.5. The van der Waals surface area contributed by atoms with Crippen molar-refractivity contribution in [3.05, 3.63) is 46.3 Å². The quantitative estimate of drug-likeness (QED) is 0.788. The second kappa shape index (κ2) is 8.11. The Kier molecular flexibility index (Phi) is 6.40. The number of aryl methyl sites for hydroxylation is 1. The predicted molar refractivity (Wildman–Crippen MR) is 98.2 cm³/mol. The zero-order chi connectivity index (χ0) is 17.7. The Balaban J connectivity index is 2.16. The maximum atomic E-state index is 12.7. The lowest BCUT2D eigenvalue weighted by Crippen LogP contribution is -2.38. The minimum atomic E-state index is -3.73. The van der Waals surface area contributed by atoms with Crippen molar-refractivity contribution in [2.24, 2.45) is 0 Å². The van der Waals surface area contributed by atoms with Crippen molar-refractivity contribution in [1.29, 1.82) is 0 Å². The molecule has 0 saturated carbocycles. The monoisotopic (exact) mass is 386 g/mol. The molecule has 0 aliphatic carbocycles. The number of carbonyl (C=O) groups is 1. The fraction of sp³-hybridized carbons (Fsp3) is 0.312. The van der Waals surface area contributed by atoms with Crippen LogP contribution in [0.3, 0.4) is 0 Å². The van der Waals surface area contributed by atoms with Gasteiger partial charge in [-0.2, -0.15) is 4.31 Å². The van der Waals surface area contributed by atoms with Gasteiger partial charge in [-0.1, -0.05) is 36.7 Å². The van der Waals surface area contributed by atoms with Crippen LogP contribution < -0.4 is 5.32 Å². The van der Waals surface area contributed by atoms with Gasteiger partial charge in [0.15, 0.2) is 0 Å². The Hall–Kier alpha value is -1.41. The van der Waals surface area contributed by atoms with Crippen LogP contribution in [0.25, 0.3) is 0 Å². The first kappa shape index (κ1) is 18.9. The number of hydrogen-bond donors (Lipinski definition) is 1. The average molecular weight is 387 g/mol. The van der Waals surface area contributed by atoms with E-state index in [0.29, 0.717) is 16.4 Å². The lowest BCUT2D eigenvalue weighted by molar-refractivity contribution is -0.116. The van der Waals surface area contributed by atoms with E-state index < -0.39 is 10.0 Å². The van der Waals surface area contributed by atoms with Gasteiger partial charge in [0.1, 0.15) is 4.21 Å². The Bertz CT molecular complexity index is 818. The molecule has 2 aromatic rings. The maximum absolute atomic E-state index is 12.7. The highest BCUT2D eigenvalue weighted by molar-refractivity contribution is 7.91. The van der Waals surface area contributed by atoms with E-state index in [9.17, 15) is 13.2 Å². The largest absolute Gasteiger partial charge is 0.325 e. The highest BCUT2D eigenvalue weighted by Crippen LogP contribution is 2.28. The fourth-order valence-corrected chi connectivity index (χ4v) is 5.29. The van der Waals surface area contributed by atoms with Gasteiger partial charge in [-0.25, -0.2) is 8.42 Å². The van der Waals surface area contributed by atoms with Crippen molar-refractivity contribution in [1.82, 2.24) is 4.31 Å². The molecule has 24 heavy (non-hydrogen) atoms. The molecule has 0 saturated heterocycles. The second-order valence-electron chi connectivity index (χ2n) is 5.26. The van der Waals surface area contributed by atoms with Gasteiger partial charge in [0, 0.05) is 12.2 Å². The van der Waals surface area contributed by atoms with Crippen LogP contribution in [0, 0.1) is 6.92 Å². The van der Waals surface area contributed by atoms with Crippen molar-refractivity contribution >= 4 is 44.6 Å². The lowest BCUT2D eigenvalue weighted by atomic mass is 10.2. The van der Waals surface area contributed by atoms with E-state index in [-0.39, 0.29) is 23.2 Å². The molecule has 0 aliphatic rings. The summed E-state index contributed by atoms with van der Waals surface area (Å²) in [6.45, 7) is 3.77. The molecule has 0 unspecified atom stereocenters. The third kappa shape index (κ3) is 4.57. The summed E-state index contributed by atoms with van der Waals surface area (Å²) in [6, 6.07) is 10.4. The van der Waals surface area contributed by atoms with Crippen LogP contribution in [-0.2, 0) is 14.8 Å². The number of thiophene rings is 1. The first-order valence-corrected chi connectivity index (χ1v) is 10.1. The fourth-order valence-electron chi connectivity index (χ4n) is 2.16. The number of nitrogens with one attached hydrogen (secondary N) is 1. The van der Waals surface area contributed by atoms with Crippen molar-refractivity contribution in [3.63, 3.8) is 0 Å². The Morgan fingerprint density at radius 2 is 1.96 bits per heavy atom. The Morgan fingerprint density at radius 3 is 2.54 bits per heavy atom. The highest BCUT2D eigenvalue weighted by Gasteiger charge is 2.27. The van der Waals surface area contributed by atoms with Crippen LogP contribution in [-0.4, -0.2) is 31.7 Å². The minimum absolute atomic E-state index is 0.143. The van der Waals surface area contributed by atoms with E-state index in [1.807, 2.05) is 32.0 Å². The van der Waals surface area contributed by atoms with E-state index in [2.05, 4.69) is 5.32 Å². The number of para-hydroxylation sites is 1. The number of rotatable bonds is 7. The van der Waals surface area contributed by atoms with Crippen LogP contribution in [0.15, 0.2) is 40.6 Å². The van der Waals surface area contributed by atoms with E-state index >= 15 is 0 Å². The normalized spacial score (nSPS) is 11.7. The van der Waals surface area contributed by atoms with Gasteiger partial charge < -0.3 is 5.32 Å². The molecule has 2 rings (SSSR count). The van der Waals surface area contributed by atoms with Gasteiger partial charge in [0.2, 0.25) is 5.91 Å². The number of hydrogen-bond acceptors (Lipinski definition) is 4. The predicted octanol–water partition coefficient (Wildman–Crippen LogP) is 3.75. The molecular formula is C16H19ClN2O3S2. The molecule has 1 aromatic carbocycles. The topological polar surface area (TPSA) is 66.5 Å². The smallest absolute Gasteiger partial charge is 0.253 e. The number of halogens is 1. The molecule has 1 aromatic heterocycles. The van der Waals surface area contributed by atoms with Crippen LogP contribution in [0.5, 0.6) is 0 Å². The lowest BCUT2D eigenvalue weighted by Gasteiger charge is -2.20. The molecule has 1 N–H and O–H groups in total. The number of anilines is 1. The van der Waals surface area contributed by atoms with Gasteiger partial charge >= 0.3 is 0 Å². The van der Waals surface area contributed by atoms with Gasteiger partial charge in [-0.05, 0) is 37.1 Å². The molecule has 8 heteroatoms. The van der Waals surface area contributed by atoms with E-state index in [4.69, 9.17) is 11.6 Å². The summed E-state index contributed by atoms with van der Waals surface area (Å²) in [5.41, 5.74) is 1.59. The van der Waals surface area contributed by atoms with Crippen LogP contribution in [0.4, 0.5) is 5.69 Å². The standard InChI is InChI=1S/C16H19ClN2O3S2/c1-3-10-19(24(21,22)16-9-8-14(17)23-16)11-15(20)18-13-7-5-4-6-12(13)2/h4-9H,3,10-11H2,1-2H3,(H,18,20). The average Bonchev–Trinajstić information content (AvgIpc) is 2.96. The molecule has 0 bridgehead atoms. The molecule has 1 amide bonds.